The Kier molecular flexibility index (Phi) is 5.80. The molecule has 0 aliphatic heterocycles. The van der Waals surface area contributed by atoms with Crippen LogP contribution in [0.2, 0.25) is 0 Å². The summed E-state index contributed by atoms with van der Waals surface area (Å²) in [5.74, 6) is -0.217. The van der Waals surface area contributed by atoms with Crippen molar-refractivity contribution in [2.75, 3.05) is 0 Å². The minimum absolute atomic E-state index is 0.0613. The van der Waals surface area contributed by atoms with Crippen LogP contribution in [-0.2, 0) is 13.5 Å². The highest BCUT2D eigenvalue weighted by atomic mass is 16.2. The van der Waals surface area contributed by atoms with Crippen molar-refractivity contribution in [1.82, 2.24) is 19.7 Å². The zero-order valence-corrected chi connectivity index (χ0v) is 17.5. The van der Waals surface area contributed by atoms with Gasteiger partial charge in [0.25, 0.3) is 11.5 Å². The number of aromatic nitrogens is 3. The maximum atomic E-state index is 12.7. The minimum atomic E-state index is -0.217. The lowest BCUT2D eigenvalue weighted by atomic mass is 10.0. The molecule has 1 amide bonds. The van der Waals surface area contributed by atoms with Crippen molar-refractivity contribution in [1.29, 1.82) is 0 Å². The molecule has 156 valence electrons. The molecule has 0 bridgehead atoms. The summed E-state index contributed by atoms with van der Waals surface area (Å²) >= 11 is 0. The van der Waals surface area contributed by atoms with Crippen molar-refractivity contribution in [3.8, 4) is 16.8 Å². The third-order valence-electron chi connectivity index (χ3n) is 5.12. The van der Waals surface area contributed by atoms with Gasteiger partial charge < -0.3 is 5.32 Å². The Balaban J connectivity index is 1.42. The lowest BCUT2D eigenvalue weighted by Gasteiger charge is -2.15. The van der Waals surface area contributed by atoms with E-state index in [1.165, 1.54) is 21.8 Å². The first-order valence-electron chi connectivity index (χ1n) is 10.2. The lowest BCUT2D eigenvalue weighted by Crippen LogP contribution is -2.34. The highest BCUT2D eigenvalue weighted by Gasteiger charge is 2.13. The van der Waals surface area contributed by atoms with E-state index in [0.717, 1.165) is 5.56 Å². The number of hydrogen-bond donors (Lipinski definition) is 1. The molecule has 0 radical (unpaired) electrons. The standard InChI is InChI=1S/C25H24N4O2/c1-18(14-19-8-10-21(11-9-19)20-6-4-3-5-7-20)27-25(31)22-12-13-24(30)29(16-22)23-15-26-28(2)17-23/h3-13,15-18H,14H2,1-2H3,(H,27,31)/t18-/m0/s1. The second-order valence-corrected chi connectivity index (χ2v) is 7.64. The maximum absolute atomic E-state index is 12.7. The molecule has 0 saturated heterocycles. The van der Waals surface area contributed by atoms with E-state index in [-0.39, 0.29) is 17.5 Å². The predicted octanol–water partition coefficient (Wildman–Crippen LogP) is 3.60. The summed E-state index contributed by atoms with van der Waals surface area (Å²) in [4.78, 5) is 24.9. The van der Waals surface area contributed by atoms with Crippen molar-refractivity contribution in [2.24, 2.45) is 7.05 Å². The second-order valence-electron chi connectivity index (χ2n) is 7.64. The van der Waals surface area contributed by atoms with Gasteiger partial charge in [0.05, 0.1) is 17.4 Å². The number of nitrogens with zero attached hydrogens (tertiary/aromatic N) is 3. The molecule has 0 unspecified atom stereocenters. The number of carbonyl (C=O) groups excluding carboxylic acids is 1. The zero-order valence-electron chi connectivity index (χ0n) is 17.5. The van der Waals surface area contributed by atoms with Crippen LogP contribution in [-0.4, -0.2) is 26.3 Å². The van der Waals surface area contributed by atoms with Crippen LogP contribution in [0.3, 0.4) is 0 Å². The van der Waals surface area contributed by atoms with Crippen LogP contribution in [0.25, 0.3) is 16.8 Å². The molecule has 0 fully saturated rings. The summed E-state index contributed by atoms with van der Waals surface area (Å²) in [6, 6.07) is 21.5. The number of carbonyl (C=O) groups is 1. The molecule has 1 N–H and O–H groups in total. The van der Waals surface area contributed by atoms with Crippen molar-refractivity contribution < 1.29 is 4.79 Å². The Labute approximate surface area is 180 Å². The number of benzene rings is 2. The average molecular weight is 412 g/mol. The van der Waals surface area contributed by atoms with Crippen molar-refractivity contribution in [3.63, 3.8) is 0 Å². The van der Waals surface area contributed by atoms with Crippen LogP contribution in [0.5, 0.6) is 0 Å². The minimum Gasteiger partial charge on any atom is -0.349 e. The van der Waals surface area contributed by atoms with E-state index in [1.54, 1.807) is 36.4 Å². The van der Waals surface area contributed by atoms with Gasteiger partial charge in [0.2, 0.25) is 0 Å². The molecule has 6 heteroatoms. The summed E-state index contributed by atoms with van der Waals surface area (Å²) in [6.45, 7) is 1.97. The van der Waals surface area contributed by atoms with Crippen LogP contribution in [0.4, 0.5) is 0 Å². The van der Waals surface area contributed by atoms with Gasteiger partial charge in [-0.25, -0.2) is 0 Å². The van der Waals surface area contributed by atoms with Crippen LogP contribution < -0.4 is 10.9 Å². The lowest BCUT2D eigenvalue weighted by molar-refractivity contribution is 0.0939. The van der Waals surface area contributed by atoms with Gasteiger partial charge in [0.1, 0.15) is 0 Å². The number of pyridine rings is 1. The van der Waals surface area contributed by atoms with Gasteiger partial charge in [-0.3, -0.25) is 18.8 Å². The molecule has 6 nitrogen and oxygen atoms in total. The second kappa shape index (κ2) is 8.83. The first-order valence-corrected chi connectivity index (χ1v) is 10.2. The quantitative estimate of drug-likeness (QED) is 0.526. The summed E-state index contributed by atoms with van der Waals surface area (Å²) in [5, 5.41) is 7.10. The van der Waals surface area contributed by atoms with E-state index in [2.05, 4.69) is 46.8 Å². The monoisotopic (exact) mass is 412 g/mol. The van der Waals surface area contributed by atoms with Gasteiger partial charge in [-0.05, 0) is 36.1 Å². The number of aryl methyl sites for hydroxylation is 1. The Hall–Kier alpha value is -3.93. The van der Waals surface area contributed by atoms with Crippen molar-refractivity contribution >= 4 is 5.91 Å². The van der Waals surface area contributed by atoms with Gasteiger partial charge in [-0.2, -0.15) is 5.10 Å². The van der Waals surface area contributed by atoms with E-state index in [1.807, 2.05) is 25.1 Å². The molecular formula is C25H24N4O2. The SMILES string of the molecule is C[C@@H](Cc1ccc(-c2ccccc2)cc1)NC(=O)c1ccc(=O)n(-c2cnn(C)c2)c1. The van der Waals surface area contributed by atoms with Crippen LogP contribution in [0.1, 0.15) is 22.8 Å². The van der Waals surface area contributed by atoms with Gasteiger partial charge in [0.15, 0.2) is 0 Å². The van der Waals surface area contributed by atoms with Crippen LogP contribution >= 0.6 is 0 Å². The van der Waals surface area contributed by atoms with Gasteiger partial charge in [-0.1, -0.05) is 54.6 Å². The average Bonchev–Trinajstić information content (AvgIpc) is 3.21. The maximum Gasteiger partial charge on any atom is 0.255 e. The number of amides is 1. The molecule has 4 rings (SSSR count). The summed E-state index contributed by atoms with van der Waals surface area (Å²) in [7, 11) is 1.78. The molecule has 1 atom stereocenters. The summed E-state index contributed by atoms with van der Waals surface area (Å²) in [5.41, 5.74) is 4.32. The molecule has 0 saturated carbocycles. The Morgan fingerprint density at radius 2 is 1.68 bits per heavy atom. The van der Waals surface area contributed by atoms with Crippen LogP contribution in [0.15, 0.2) is 90.1 Å². The van der Waals surface area contributed by atoms with Crippen LogP contribution in [0, 0.1) is 0 Å². The number of rotatable bonds is 6. The fourth-order valence-corrected chi connectivity index (χ4v) is 3.53. The molecule has 0 aliphatic carbocycles. The fraction of sp³-hybridized carbons (Fsp3) is 0.160. The highest BCUT2D eigenvalue weighted by molar-refractivity contribution is 5.94. The third kappa shape index (κ3) is 4.80. The van der Waals surface area contributed by atoms with E-state index in [9.17, 15) is 9.59 Å². The smallest absolute Gasteiger partial charge is 0.255 e. The normalized spacial score (nSPS) is 11.8. The molecule has 4 aromatic rings. The fourth-order valence-electron chi connectivity index (χ4n) is 3.53. The first kappa shape index (κ1) is 20.3. The number of hydrogen-bond acceptors (Lipinski definition) is 3. The molecule has 31 heavy (non-hydrogen) atoms. The van der Waals surface area contributed by atoms with E-state index in [0.29, 0.717) is 17.7 Å². The first-order chi connectivity index (χ1) is 15.0. The molecule has 2 aromatic carbocycles. The largest absolute Gasteiger partial charge is 0.349 e. The molecule has 2 aromatic heterocycles. The van der Waals surface area contributed by atoms with Gasteiger partial charge >= 0.3 is 0 Å². The molecule has 0 spiro atoms. The van der Waals surface area contributed by atoms with Crippen molar-refractivity contribution in [3.05, 3.63) is 107 Å². The Morgan fingerprint density at radius 3 is 2.35 bits per heavy atom. The summed E-state index contributed by atoms with van der Waals surface area (Å²) < 4.78 is 3.04. The Bertz CT molecular complexity index is 1240. The summed E-state index contributed by atoms with van der Waals surface area (Å²) in [6.07, 6.45) is 5.58. The molecule has 0 aliphatic rings. The predicted molar refractivity (Wildman–Crippen MR) is 121 cm³/mol. The molecule has 2 heterocycles. The number of nitrogens with one attached hydrogen (secondary N) is 1. The van der Waals surface area contributed by atoms with Gasteiger partial charge in [-0.15, -0.1) is 0 Å². The van der Waals surface area contributed by atoms with Gasteiger partial charge in [0, 0.05) is 31.5 Å². The topological polar surface area (TPSA) is 68.9 Å². The van der Waals surface area contributed by atoms with E-state index >= 15 is 0 Å². The van der Waals surface area contributed by atoms with E-state index in [4.69, 9.17) is 0 Å². The molecular weight excluding hydrogens is 388 g/mol. The van der Waals surface area contributed by atoms with Crippen molar-refractivity contribution in [2.45, 2.75) is 19.4 Å². The zero-order chi connectivity index (χ0) is 21.8. The third-order valence-corrected chi connectivity index (χ3v) is 5.12. The highest BCUT2D eigenvalue weighted by Crippen LogP contribution is 2.19. The van der Waals surface area contributed by atoms with E-state index < -0.39 is 0 Å². The Morgan fingerprint density at radius 1 is 0.968 bits per heavy atom.